The van der Waals surface area contributed by atoms with Crippen molar-refractivity contribution in [3.05, 3.63) is 30.1 Å². The van der Waals surface area contributed by atoms with Crippen LogP contribution in [0.2, 0.25) is 0 Å². The first-order valence-electron chi connectivity index (χ1n) is 7.12. The molecule has 7 nitrogen and oxygen atoms in total. The summed E-state index contributed by atoms with van der Waals surface area (Å²) in [6, 6.07) is 7.74. The van der Waals surface area contributed by atoms with Crippen LogP contribution in [0.3, 0.4) is 0 Å². The Morgan fingerprint density at radius 2 is 2.14 bits per heavy atom. The van der Waals surface area contributed by atoms with Crippen LogP contribution >= 0.6 is 0 Å². The minimum absolute atomic E-state index is 0.0234. The number of H-pyrrole nitrogens is 1. The van der Waals surface area contributed by atoms with E-state index in [1.54, 1.807) is 4.90 Å². The number of aromatic nitrogens is 2. The maximum Gasteiger partial charge on any atom is 0.222 e. The van der Waals surface area contributed by atoms with Crippen molar-refractivity contribution in [1.82, 2.24) is 14.9 Å². The number of benzene rings is 1. The minimum Gasteiger partial charge on any atom is -0.342 e. The predicted molar refractivity (Wildman–Crippen MR) is 82.5 cm³/mol. The number of nitrogens with one attached hydrogen (secondary N) is 1. The first kappa shape index (κ1) is 15.0. The number of sulfonamides is 1. The molecule has 0 spiro atoms. The highest BCUT2D eigenvalue weighted by molar-refractivity contribution is 7.89. The average Bonchev–Trinajstić information content (AvgIpc) is 2.97. The molecule has 1 aliphatic heterocycles. The van der Waals surface area contributed by atoms with E-state index in [0.717, 1.165) is 16.9 Å². The molecule has 3 N–H and O–H groups in total. The van der Waals surface area contributed by atoms with Gasteiger partial charge in [0, 0.05) is 31.8 Å². The van der Waals surface area contributed by atoms with Crippen LogP contribution in [0.1, 0.15) is 12.2 Å². The highest BCUT2D eigenvalue weighted by atomic mass is 32.2. The van der Waals surface area contributed by atoms with Gasteiger partial charge >= 0.3 is 0 Å². The van der Waals surface area contributed by atoms with E-state index >= 15 is 0 Å². The van der Waals surface area contributed by atoms with Gasteiger partial charge in [0.1, 0.15) is 5.82 Å². The Balaban J connectivity index is 1.60. The van der Waals surface area contributed by atoms with Crippen molar-refractivity contribution in [3.8, 4) is 0 Å². The molecule has 2 aromatic rings. The molecule has 3 rings (SSSR count). The zero-order valence-corrected chi connectivity index (χ0v) is 12.8. The number of para-hydroxylation sites is 2. The Hall–Kier alpha value is -1.93. The second-order valence-corrected chi connectivity index (χ2v) is 7.35. The first-order chi connectivity index (χ1) is 10.4. The van der Waals surface area contributed by atoms with Crippen molar-refractivity contribution in [2.75, 3.05) is 18.8 Å². The summed E-state index contributed by atoms with van der Waals surface area (Å²) in [5.74, 6) is 0.451. The normalized spacial score (nSPS) is 19.2. The van der Waals surface area contributed by atoms with E-state index in [0.29, 0.717) is 19.5 Å². The number of hydrogen-bond donors (Lipinski definition) is 2. The lowest BCUT2D eigenvalue weighted by Crippen LogP contribution is -2.29. The monoisotopic (exact) mass is 322 g/mol. The third kappa shape index (κ3) is 3.45. The van der Waals surface area contributed by atoms with Gasteiger partial charge < -0.3 is 9.88 Å². The van der Waals surface area contributed by atoms with Crippen molar-refractivity contribution in [2.45, 2.75) is 12.8 Å². The summed E-state index contributed by atoms with van der Waals surface area (Å²) in [4.78, 5) is 21.3. The molecule has 1 aromatic heterocycles. The van der Waals surface area contributed by atoms with Gasteiger partial charge in [0.05, 0.1) is 16.8 Å². The van der Waals surface area contributed by atoms with E-state index in [1.165, 1.54) is 0 Å². The molecule has 1 saturated heterocycles. The number of amides is 1. The van der Waals surface area contributed by atoms with Gasteiger partial charge in [0.15, 0.2) is 0 Å². The fourth-order valence-corrected chi connectivity index (χ4v) is 3.76. The van der Waals surface area contributed by atoms with Crippen molar-refractivity contribution in [2.24, 2.45) is 11.1 Å². The molecular weight excluding hydrogens is 304 g/mol. The SMILES string of the molecule is NS(=O)(=O)CC1CC(=O)N(CCc2nc3ccccc3[nH]2)C1. The Kier molecular flexibility index (Phi) is 3.88. The van der Waals surface area contributed by atoms with Crippen LogP contribution < -0.4 is 5.14 Å². The Bertz CT molecular complexity index is 766. The van der Waals surface area contributed by atoms with Crippen molar-refractivity contribution in [1.29, 1.82) is 0 Å². The Labute approximate surface area is 128 Å². The standard InChI is InChI=1S/C14H18N4O3S/c15-22(20,21)9-10-7-14(19)18(8-10)6-5-13-16-11-3-1-2-4-12(11)17-13/h1-4,10H,5-9H2,(H,16,17)(H2,15,20,21). The molecule has 1 fully saturated rings. The van der Waals surface area contributed by atoms with Gasteiger partial charge in [-0.15, -0.1) is 0 Å². The largest absolute Gasteiger partial charge is 0.342 e. The van der Waals surface area contributed by atoms with Gasteiger partial charge in [-0.05, 0) is 12.1 Å². The van der Waals surface area contributed by atoms with Gasteiger partial charge in [-0.3, -0.25) is 4.79 Å². The summed E-state index contributed by atoms with van der Waals surface area (Å²) in [5, 5.41) is 5.04. The van der Waals surface area contributed by atoms with Gasteiger partial charge in [0.2, 0.25) is 15.9 Å². The third-order valence-electron chi connectivity index (χ3n) is 3.82. The van der Waals surface area contributed by atoms with Crippen molar-refractivity contribution >= 4 is 27.0 Å². The number of hydrogen-bond acceptors (Lipinski definition) is 4. The molecule has 8 heteroatoms. The minimum atomic E-state index is -3.54. The van der Waals surface area contributed by atoms with Crippen LogP contribution in [-0.4, -0.2) is 48.0 Å². The molecule has 1 aliphatic rings. The number of imidazole rings is 1. The summed E-state index contributed by atoms with van der Waals surface area (Å²) in [7, 11) is -3.54. The predicted octanol–water partition coefficient (Wildman–Crippen LogP) is 0.242. The van der Waals surface area contributed by atoms with Gasteiger partial charge in [-0.25, -0.2) is 18.5 Å². The molecule has 1 unspecified atom stereocenters. The highest BCUT2D eigenvalue weighted by Gasteiger charge is 2.31. The van der Waals surface area contributed by atoms with Crippen LogP contribution in [0.25, 0.3) is 11.0 Å². The topological polar surface area (TPSA) is 109 Å². The lowest BCUT2D eigenvalue weighted by molar-refractivity contribution is -0.127. The molecule has 2 heterocycles. The number of primary sulfonamides is 1. The summed E-state index contributed by atoms with van der Waals surface area (Å²) in [6.07, 6.45) is 0.860. The lowest BCUT2D eigenvalue weighted by Gasteiger charge is -2.15. The maximum atomic E-state index is 11.9. The van der Waals surface area contributed by atoms with Crippen LogP contribution in [0.5, 0.6) is 0 Å². The molecule has 0 bridgehead atoms. The summed E-state index contributed by atoms with van der Waals surface area (Å²) < 4.78 is 22.2. The van der Waals surface area contributed by atoms with E-state index in [1.807, 2.05) is 24.3 Å². The van der Waals surface area contributed by atoms with Crippen molar-refractivity contribution in [3.63, 3.8) is 0 Å². The zero-order valence-electron chi connectivity index (χ0n) is 12.0. The second-order valence-electron chi connectivity index (χ2n) is 5.69. The van der Waals surface area contributed by atoms with Gasteiger partial charge in [-0.2, -0.15) is 0 Å². The number of likely N-dealkylation sites (tertiary alicyclic amines) is 1. The summed E-state index contributed by atoms with van der Waals surface area (Å²) in [5.41, 5.74) is 1.87. The maximum absolute atomic E-state index is 11.9. The van der Waals surface area contributed by atoms with E-state index in [-0.39, 0.29) is 24.0 Å². The summed E-state index contributed by atoms with van der Waals surface area (Å²) in [6.45, 7) is 0.968. The molecule has 1 aromatic carbocycles. The second kappa shape index (κ2) is 5.69. The number of aromatic amines is 1. The number of carbonyl (C=O) groups excluding carboxylic acids is 1. The van der Waals surface area contributed by atoms with Crippen molar-refractivity contribution < 1.29 is 13.2 Å². The van der Waals surface area contributed by atoms with E-state index in [4.69, 9.17) is 5.14 Å². The van der Waals surface area contributed by atoms with E-state index < -0.39 is 10.0 Å². The highest BCUT2D eigenvalue weighted by Crippen LogP contribution is 2.19. The molecule has 1 amide bonds. The van der Waals surface area contributed by atoms with Crippen LogP contribution in [0.15, 0.2) is 24.3 Å². The van der Waals surface area contributed by atoms with E-state index in [2.05, 4.69) is 9.97 Å². The fraction of sp³-hybridized carbons (Fsp3) is 0.429. The number of rotatable bonds is 5. The van der Waals surface area contributed by atoms with Gasteiger partial charge in [0.25, 0.3) is 0 Å². The Morgan fingerprint density at radius 3 is 2.86 bits per heavy atom. The first-order valence-corrected chi connectivity index (χ1v) is 8.84. The fourth-order valence-electron chi connectivity index (χ4n) is 2.88. The van der Waals surface area contributed by atoms with E-state index in [9.17, 15) is 13.2 Å². The quantitative estimate of drug-likeness (QED) is 0.822. The van der Waals surface area contributed by atoms with Gasteiger partial charge in [-0.1, -0.05) is 12.1 Å². The number of fused-ring (bicyclic) bond motifs is 1. The molecular formula is C14H18N4O3S. The number of nitrogens with two attached hydrogens (primary N) is 1. The third-order valence-corrected chi connectivity index (χ3v) is 4.76. The van der Waals surface area contributed by atoms with Crippen LogP contribution in [-0.2, 0) is 21.2 Å². The number of carbonyl (C=O) groups is 1. The van der Waals surface area contributed by atoms with Crippen LogP contribution in [0, 0.1) is 5.92 Å². The molecule has 118 valence electrons. The Morgan fingerprint density at radius 1 is 1.36 bits per heavy atom. The van der Waals surface area contributed by atoms with Crippen LogP contribution in [0.4, 0.5) is 0 Å². The molecule has 22 heavy (non-hydrogen) atoms. The molecule has 1 atom stereocenters. The number of nitrogens with zero attached hydrogens (tertiary/aromatic N) is 2. The molecule has 0 saturated carbocycles. The molecule has 0 radical (unpaired) electrons. The molecule has 0 aliphatic carbocycles. The zero-order chi connectivity index (χ0) is 15.7. The lowest BCUT2D eigenvalue weighted by atomic mass is 10.1. The smallest absolute Gasteiger partial charge is 0.222 e. The summed E-state index contributed by atoms with van der Waals surface area (Å²) >= 11 is 0. The average molecular weight is 322 g/mol.